The third-order valence-corrected chi connectivity index (χ3v) is 2.10. The summed E-state index contributed by atoms with van der Waals surface area (Å²) >= 11 is 0. The summed E-state index contributed by atoms with van der Waals surface area (Å²) in [5, 5.41) is 7.18. The number of nitrogens with zero attached hydrogens (tertiary/aromatic N) is 2. The van der Waals surface area contributed by atoms with Gasteiger partial charge in [-0.25, -0.2) is 4.98 Å². The second-order valence-corrected chi connectivity index (χ2v) is 3.08. The van der Waals surface area contributed by atoms with E-state index in [2.05, 4.69) is 9.97 Å². The van der Waals surface area contributed by atoms with Crippen molar-refractivity contribution in [2.24, 2.45) is 0 Å². The van der Waals surface area contributed by atoms with Crippen molar-refractivity contribution in [1.29, 1.82) is 5.41 Å². The van der Waals surface area contributed by atoms with E-state index in [1.165, 1.54) is 6.21 Å². The summed E-state index contributed by atoms with van der Waals surface area (Å²) in [6.07, 6.45) is 6.34. The molecule has 0 spiro atoms. The second-order valence-electron chi connectivity index (χ2n) is 3.08. The monoisotopic (exact) mass is 198 g/mol. The molecule has 3 N–H and O–H groups in total. The van der Waals surface area contributed by atoms with Crippen LogP contribution in [-0.4, -0.2) is 16.2 Å². The van der Waals surface area contributed by atoms with Crippen LogP contribution in [0.15, 0.2) is 36.8 Å². The molecule has 0 bridgehead atoms. The molecule has 0 aromatic carbocycles. The van der Waals surface area contributed by atoms with Gasteiger partial charge < -0.3 is 11.1 Å². The minimum Gasteiger partial charge on any atom is -0.383 e. The number of anilines is 1. The van der Waals surface area contributed by atoms with Gasteiger partial charge in [0.25, 0.3) is 0 Å². The first-order chi connectivity index (χ1) is 7.31. The van der Waals surface area contributed by atoms with E-state index in [-0.39, 0.29) is 0 Å². The molecule has 4 nitrogen and oxygen atoms in total. The third-order valence-electron chi connectivity index (χ3n) is 2.10. The first-order valence-corrected chi connectivity index (χ1v) is 4.47. The molecule has 74 valence electrons. The summed E-state index contributed by atoms with van der Waals surface area (Å²) in [5.41, 5.74) is 8.10. The van der Waals surface area contributed by atoms with Crippen molar-refractivity contribution in [3.8, 4) is 11.1 Å². The smallest absolute Gasteiger partial charge is 0.132 e. The van der Waals surface area contributed by atoms with Gasteiger partial charge in [-0.1, -0.05) is 6.07 Å². The van der Waals surface area contributed by atoms with E-state index < -0.39 is 0 Å². The van der Waals surface area contributed by atoms with Crippen molar-refractivity contribution < 1.29 is 0 Å². The van der Waals surface area contributed by atoms with E-state index in [4.69, 9.17) is 11.1 Å². The van der Waals surface area contributed by atoms with Gasteiger partial charge in [0.15, 0.2) is 0 Å². The normalized spacial score (nSPS) is 9.87. The molecule has 2 aromatic rings. The van der Waals surface area contributed by atoms with E-state index in [1.807, 2.05) is 18.2 Å². The lowest BCUT2D eigenvalue weighted by atomic mass is 10.1. The quantitative estimate of drug-likeness (QED) is 0.721. The largest absolute Gasteiger partial charge is 0.383 e. The predicted octanol–water partition coefficient (Wildman–Crippen LogP) is 1.72. The molecule has 0 saturated carbocycles. The van der Waals surface area contributed by atoms with E-state index >= 15 is 0 Å². The molecular weight excluding hydrogens is 188 g/mol. The molecule has 0 fully saturated rings. The summed E-state index contributed by atoms with van der Waals surface area (Å²) < 4.78 is 0. The van der Waals surface area contributed by atoms with Gasteiger partial charge >= 0.3 is 0 Å². The lowest BCUT2D eigenvalue weighted by molar-refractivity contribution is 1.30. The van der Waals surface area contributed by atoms with Crippen LogP contribution in [0.25, 0.3) is 11.1 Å². The molecule has 0 radical (unpaired) electrons. The van der Waals surface area contributed by atoms with Crippen molar-refractivity contribution in [3.05, 3.63) is 42.4 Å². The lowest BCUT2D eigenvalue weighted by Gasteiger charge is -2.03. The summed E-state index contributed by atoms with van der Waals surface area (Å²) in [4.78, 5) is 8.05. The molecule has 2 heterocycles. The molecule has 0 unspecified atom stereocenters. The van der Waals surface area contributed by atoms with Crippen LogP contribution in [-0.2, 0) is 0 Å². The van der Waals surface area contributed by atoms with Crippen LogP contribution in [0.3, 0.4) is 0 Å². The molecular formula is C11H10N4. The number of hydrogen-bond donors (Lipinski definition) is 2. The average Bonchev–Trinajstić information content (AvgIpc) is 2.31. The Bertz CT molecular complexity index is 479. The van der Waals surface area contributed by atoms with Gasteiger partial charge in [0.05, 0.1) is 0 Å². The van der Waals surface area contributed by atoms with Crippen molar-refractivity contribution in [1.82, 2.24) is 9.97 Å². The first-order valence-electron chi connectivity index (χ1n) is 4.47. The molecule has 0 saturated heterocycles. The standard InChI is InChI=1S/C11H10N4/c12-5-9-4-10(7-15-11(9)13)8-2-1-3-14-6-8/h1-7,12H,(H2,13,15). The Morgan fingerprint density at radius 2 is 2.13 bits per heavy atom. The van der Waals surface area contributed by atoms with Gasteiger partial charge in [-0.2, -0.15) is 0 Å². The molecule has 0 aliphatic rings. The van der Waals surface area contributed by atoms with Crippen molar-refractivity contribution >= 4 is 12.0 Å². The van der Waals surface area contributed by atoms with Gasteiger partial charge in [-0.05, 0) is 12.1 Å². The van der Waals surface area contributed by atoms with E-state index in [0.717, 1.165) is 11.1 Å². The molecule has 0 amide bonds. The van der Waals surface area contributed by atoms with Crippen LogP contribution < -0.4 is 5.73 Å². The molecule has 2 rings (SSSR count). The fourth-order valence-electron chi connectivity index (χ4n) is 1.30. The van der Waals surface area contributed by atoms with Crippen molar-refractivity contribution in [3.63, 3.8) is 0 Å². The third kappa shape index (κ3) is 1.83. The van der Waals surface area contributed by atoms with Gasteiger partial charge in [0.1, 0.15) is 5.82 Å². The fraction of sp³-hybridized carbons (Fsp3) is 0. The van der Waals surface area contributed by atoms with Crippen molar-refractivity contribution in [2.75, 3.05) is 5.73 Å². The zero-order valence-electron chi connectivity index (χ0n) is 8.01. The highest BCUT2D eigenvalue weighted by Gasteiger charge is 2.02. The number of nitrogens with one attached hydrogen (secondary N) is 1. The zero-order chi connectivity index (χ0) is 10.7. The number of nitrogens with two attached hydrogens (primary N) is 1. The van der Waals surface area contributed by atoms with Crippen molar-refractivity contribution in [2.45, 2.75) is 0 Å². The Balaban J connectivity index is 2.51. The Morgan fingerprint density at radius 1 is 1.27 bits per heavy atom. The first kappa shape index (κ1) is 9.33. The predicted molar refractivity (Wildman–Crippen MR) is 59.8 cm³/mol. The number of rotatable bonds is 2. The minimum atomic E-state index is 0.373. The van der Waals surface area contributed by atoms with Gasteiger partial charge in [-0.15, -0.1) is 0 Å². The molecule has 4 heteroatoms. The molecule has 0 aliphatic carbocycles. The van der Waals surface area contributed by atoms with Gasteiger partial charge in [-0.3, -0.25) is 4.98 Å². The van der Waals surface area contributed by atoms with E-state index in [9.17, 15) is 0 Å². The second kappa shape index (κ2) is 3.88. The average molecular weight is 198 g/mol. The number of hydrogen-bond acceptors (Lipinski definition) is 4. The Labute approximate surface area is 87.3 Å². The van der Waals surface area contributed by atoms with E-state index in [1.54, 1.807) is 18.6 Å². The highest BCUT2D eigenvalue weighted by atomic mass is 14.8. The van der Waals surface area contributed by atoms with Crippen LogP contribution in [0, 0.1) is 5.41 Å². The molecule has 0 aliphatic heterocycles. The maximum absolute atomic E-state index is 7.18. The topological polar surface area (TPSA) is 75.7 Å². The Kier molecular flexibility index (Phi) is 2.41. The number of nitrogen functional groups attached to an aromatic ring is 1. The highest BCUT2D eigenvalue weighted by Crippen LogP contribution is 2.19. The summed E-state index contributed by atoms with van der Waals surface area (Å²) in [7, 11) is 0. The minimum absolute atomic E-state index is 0.373. The molecule has 0 atom stereocenters. The number of pyridine rings is 2. The van der Waals surface area contributed by atoms with Gasteiger partial charge in [0.2, 0.25) is 0 Å². The van der Waals surface area contributed by atoms with Crippen LogP contribution >= 0.6 is 0 Å². The number of aromatic nitrogens is 2. The maximum Gasteiger partial charge on any atom is 0.132 e. The lowest BCUT2D eigenvalue weighted by Crippen LogP contribution is -1.96. The molecule has 15 heavy (non-hydrogen) atoms. The van der Waals surface area contributed by atoms with Crippen LogP contribution in [0.5, 0.6) is 0 Å². The summed E-state index contributed by atoms with van der Waals surface area (Å²) in [6.45, 7) is 0. The van der Waals surface area contributed by atoms with Crippen LogP contribution in [0.4, 0.5) is 5.82 Å². The fourth-order valence-corrected chi connectivity index (χ4v) is 1.30. The summed E-state index contributed by atoms with van der Waals surface area (Å²) in [5.74, 6) is 0.373. The van der Waals surface area contributed by atoms with Gasteiger partial charge in [0, 0.05) is 41.5 Å². The zero-order valence-corrected chi connectivity index (χ0v) is 8.01. The van der Waals surface area contributed by atoms with E-state index in [0.29, 0.717) is 11.4 Å². The SMILES string of the molecule is N=Cc1cc(-c2cccnc2)cnc1N. The maximum atomic E-state index is 7.18. The van der Waals surface area contributed by atoms with Crippen LogP contribution in [0.1, 0.15) is 5.56 Å². The Morgan fingerprint density at radius 3 is 2.80 bits per heavy atom. The summed E-state index contributed by atoms with van der Waals surface area (Å²) in [6, 6.07) is 5.62. The van der Waals surface area contributed by atoms with Crippen LogP contribution in [0.2, 0.25) is 0 Å². The Hall–Kier alpha value is -2.23. The molecule has 2 aromatic heterocycles. The highest BCUT2D eigenvalue weighted by molar-refractivity contribution is 5.85.